The molecule has 0 unspecified atom stereocenters. The van der Waals surface area contributed by atoms with Crippen molar-refractivity contribution in [1.82, 2.24) is 0 Å². The second-order valence-corrected chi connectivity index (χ2v) is 3.54. The van der Waals surface area contributed by atoms with Crippen LogP contribution in [0.4, 0.5) is 4.39 Å². The topological polar surface area (TPSA) is 53.7 Å². The van der Waals surface area contributed by atoms with E-state index in [1.165, 1.54) is 21.3 Å². The Morgan fingerprint density at radius 1 is 1.12 bits per heavy atom. The molecule has 0 saturated heterocycles. The molecule has 0 amide bonds. The molecule has 17 heavy (non-hydrogen) atoms. The predicted octanol–water partition coefficient (Wildman–Crippen LogP) is 2.07. The van der Waals surface area contributed by atoms with E-state index in [9.17, 15) is 4.39 Å². The molecule has 0 saturated carbocycles. The highest BCUT2D eigenvalue weighted by molar-refractivity contribution is 5.54. The van der Waals surface area contributed by atoms with Crippen LogP contribution in [0.15, 0.2) is 12.1 Å². The molecule has 0 aliphatic carbocycles. The number of hydrogen-bond donors (Lipinski definition) is 1. The van der Waals surface area contributed by atoms with Crippen molar-refractivity contribution in [2.75, 3.05) is 28.0 Å². The zero-order chi connectivity index (χ0) is 12.8. The number of methoxy groups -OCH3 is 3. The molecule has 1 aromatic rings. The van der Waals surface area contributed by atoms with E-state index in [2.05, 4.69) is 0 Å². The van der Waals surface area contributed by atoms with Crippen LogP contribution in [0.3, 0.4) is 0 Å². The highest BCUT2D eigenvalue weighted by Crippen LogP contribution is 2.39. The molecule has 0 aliphatic heterocycles. The maximum absolute atomic E-state index is 12.3. The van der Waals surface area contributed by atoms with Crippen LogP contribution in [-0.4, -0.2) is 28.0 Å². The van der Waals surface area contributed by atoms with Crippen molar-refractivity contribution in [1.29, 1.82) is 0 Å². The average molecular weight is 243 g/mol. The van der Waals surface area contributed by atoms with E-state index in [0.717, 1.165) is 5.56 Å². The lowest BCUT2D eigenvalue weighted by Gasteiger charge is -2.16. The molecule has 0 radical (unpaired) electrons. The second kappa shape index (κ2) is 6.30. The van der Waals surface area contributed by atoms with Crippen LogP contribution >= 0.6 is 0 Å². The normalized spacial score (nSPS) is 12.1. The third kappa shape index (κ3) is 3.00. The molecule has 1 rings (SSSR count). The fourth-order valence-electron chi connectivity index (χ4n) is 1.60. The van der Waals surface area contributed by atoms with Crippen molar-refractivity contribution in [2.45, 2.75) is 12.5 Å². The Balaban J connectivity index is 3.17. The Hall–Kier alpha value is -1.49. The molecule has 1 aromatic carbocycles. The molecule has 1 atom stereocenters. The summed E-state index contributed by atoms with van der Waals surface area (Å²) in [5.41, 5.74) is 6.61. The first-order valence-corrected chi connectivity index (χ1v) is 5.29. The Morgan fingerprint density at radius 2 is 1.65 bits per heavy atom. The van der Waals surface area contributed by atoms with Crippen molar-refractivity contribution < 1.29 is 18.6 Å². The van der Waals surface area contributed by atoms with E-state index in [-0.39, 0.29) is 12.5 Å². The van der Waals surface area contributed by atoms with Crippen LogP contribution in [0.1, 0.15) is 18.0 Å². The minimum Gasteiger partial charge on any atom is -0.493 e. The van der Waals surface area contributed by atoms with Crippen LogP contribution in [0, 0.1) is 0 Å². The molecular weight excluding hydrogens is 225 g/mol. The van der Waals surface area contributed by atoms with E-state index in [1.807, 2.05) is 0 Å². The van der Waals surface area contributed by atoms with E-state index in [1.54, 1.807) is 12.1 Å². The summed E-state index contributed by atoms with van der Waals surface area (Å²) in [6.07, 6.45) is 0.263. The van der Waals surface area contributed by atoms with Crippen molar-refractivity contribution in [3.8, 4) is 17.2 Å². The third-order valence-electron chi connectivity index (χ3n) is 2.54. The van der Waals surface area contributed by atoms with E-state index in [0.29, 0.717) is 17.2 Å². The largest absolute Gasteiger partial charge is 0.493 e. The fraction of sp³-hybridized carbons (Fsp3) is 0.500. The van der Waals surface area contributed by atoms with Gasteiger partial charge in [0.15, 0.2) is 11.5 Å². The monoisotopic (exact) mass is 243 g/mol. The number of rotatable bonds is 6. The van der Waals surface area contributed by atoms with Gasteiger partial charge in [0.1, 0.15) is 0 Å². The molecule has 0 spiro atoms. The van der Waals surface area contributed by atoms with Gasteiger partial charge in [0.25, 0.3) is 0 Å². The van der Waals surface area contributed by atoms with Crippen molar-refractivity contribution in [2.24, 2.45) is 5.73 Å². The van der Waals surface area contributed by atoms with Gasteiger partial charge in [-0.15, -0.1) is 0 Å². The first-order valence-electron chi connectivity index (χ1n) is 5.29. The molecule has 0 heterocycles. The van der Waals surface area contributed by atoms with Crippen LogP contribution in [-0.2, 0) is 0 Å². The first kappa shape index (κ1) is 13.6. The maximum atomic E-state index is 12.3. The molecular formula is C12H18FNO3. The summed E-state index contributed by atoms with van der Waals surface area (Å²) >= 11 is 0. The zero-order valence-electron chi connectivity index (χ0n) is 10.3. The third-order valence-corrected chi connectivity index (χ3v) is 2.54. The summed E-state index contributed by atoms with van der Waals surface area (Å²) in [5, 5.41) is 0. The van der Waals surface area contributed by atoms with Gasteiger partial charge < -0.3 is 19.9 Å². The molecule has 5 heteroatoms. The summed E-state index contributed by atoms with van der Waals surface area (Å²) in [7, 11) is 4.59. The van der Waals surface area contributed by atoms with Gasteiger partial charge in [-0.25, -0.2) is 0 Å². The van der Waals surface area contributed by atoms with Crippen LogP contribution in [0.2, 0.25) is 0 Å². The number of ether oxygens (including phenoxy) is 3. The van der Waals surface area contributed by atoms with Gasteiger partial charge in [-0.1, -0.05) is 0 Å². The van der Waals surface area contributed by atoms with Gasteiger partial charge in [0.2, 0.25) is 5.75 Å². The fourth-order valence-corrected chi connectivity index (χ4v) is 1.60. The molecule has 96 valence electrons. The van der Waals surface area contributed by atoms with Crippen molar-refractivity contribution >= 4 is 0 Å². The van der Waals surface area contributed by atoms with Gasteiger partial charge in [-0.2, -0.15) is 0 Å². The summed E-state index contributed by atoms with van der Waals surface area (Å²) < 4.78 is 27.8. The molecule has 0 aromatic heterocycles. The Labute approximate surface area is 100 Å². The lowest BCUT2D eigenvalue weighted by atomic mass is 10.0. The first-order chi connectivity index (χ1) is 8.17. The standard InChI is InChI=1S/C12H18FNO3/c1-15-10-6-8(9(14)4-5-13)7-11(16-2)12(10)17-3/h6-7,9H,4-5,14H2,1-3H3/t9-/m1/s1. The summed E-state index contributed by atoms with van der Waals surface area (Å²) in [4.78, 5) is 0. The molecule has 4 nitrogen and oxygen atoms in total. The molecule has 0 bridgehead atoms. The Morgan fingerprint density at radius 3 is 2.00 bits per heavy atom. The van der Waals surface area contributed by atoms with E-state index >= 15 is 0 Å². The average Bonchev–Trinajstić information content (AvgIpc) is 2.37. The molecule has 2 N–H and O–H groups in total. The summed E-state index contributed by atoms with van der Waals surface area (Å²) in [6.45, 7) is -0.460. The van der Waals surface area contributed by atoms with Crippen LogP contribution in [0.25, 0.3) is 0 Å². The molecule has 0 aliphatic rings. The number of benzene rings is 1. The highest BCUT2D eigenvalue weighted by Gasteiger charge is 2.16. The van der Waals surface area contributed by atoms with E-state index < -0.39 is 6.67 Å². The number of halogens is 1. The summed E-state index contributed by atoms with van der Waals surface area (Å²) in [5.74, 6) is 1.55. The lowest BCUT2D eigenvalue weighted by molar-refractivity contribution is 0.323. The SMILES string of the molecule is COc1cc([C@H](N)CCF)cc(OC)c1OC. The van der Waals surface area contributed by atoms with Crippen LogP contribution < -0.4 is 19.9 Å². The minimum atomic E-state index is -0.460. The zero-order valence-corrected chi connectivity index (χ0v) is 10.3. The number of hydrogen-bond acceptors (Lipinski definition) is 4. The van der Waals surface area contributed by atoms with Crippen LogP contribution in [0.5, 0.6) is 17.2 Å². The van der Waals surface area contributed by atoms with Gasteiger partial charge in [0, 0.05) is 6.04 Å². The Bertz CT molecular complexity index is 346. The van der Waals surface area contributed by atoms with Gasteiger partial charge in [0.05, 0.1) is 28.0 Å². The Kier molecular flexibility index (Phi) is 5.03. The second-order valence-electron chi connectivity index (χ2n) is 3.54. The van der Waals surface area contributed by atoms with Crippen molar-refractivity contribution in [3.63, 3.8) is 0 Å². The van der Waals surface area contributed by atoms with Gasteiger partial charge in [-0.3, -0.25) is 4.39 Å². The number of alkyl halides is 1. The van der Waals surface area contributed by atoms with Crippen molar-refractivity contribution in [3.05, 3.63) is 17.7 Å². The van der Waals surface area contributed by atoms with Gasteiger partial charge in [-0.05, 0) is 24.1 Å². The quantitative estimate of drug-likeness (QED) is 0.831. The van der Waals surface area contributed by atoms with Gasteiger partial charge >= 0.3 is 0 Å². The molecule has 0 fully saturated rings. The lowest BCUT2D eigenvalue weighted by Crippen LogP contribution is -2.11. The summed E-state index contributed by atoms with van der Waals surface area (Å²) in [6, 6.07) is 3.09. The predicted molar refractivity (Wildman–Crippen MR) is 63.6 cm³/mol. The number of nitrogens with two attached hydrogens (primary N) is 1. The van der Waals surface area contributed by atoms with E-state index in [4.69, 9.17) is 19.9 Å². The minimum absolute atomic E-state index is 0.263. The highest BCUT2D eigenvalue weighted by atomic mass is 19.1. The smallest absolute Gasteiger partial charge is 0.203 e. The maximum Gasteiger partial charge on any atom is 0.203 e.